The third-order valence-electron chi connectivity index (χ3n) is 2.67. The molecule has 1 rings (SSSR count). The quantitative estimate of drug-likeness (QED) is 0.786. The number of ether oxygens (including phenoxy) is 1. The number of hydrogen-bond donors (Lipinski definition) is 2. The van der Waals surface area contributed by atoms with Crippen molar-refractivity contribution in [2.45, 2.75) is 26.3 Å². The molecule has 112 valence electrons. The average molecular weight is 320 g/mol. The van der Waals surface area contributed by atoms with E-state index < -0.39 is 6.04 Å². The van der Waals surface area contributed by atoms with Crippen molar-refractivity contribution in [3.63, 3.8) is 0 Å². The number of anilines is 2. The van der Waals surface area contributed by atoms with Crippen LogP contribution in [0.15, 0.2) is 6.07 Å². The molecule has 0 spiro atoms. The van der Waals surface area contributed by atoms with E-state index in [2.05, 4.69) is 15.6 Å². The van der Waals surface area contributed by atoms with Crippen LogP contribution >= 0.6 is 23.2 Å². The van der Waals surface area contributed by atoms with Crippen molar-refractivity contribution >= 4 is 40.8 Å². The summed E-state index contributed by atoms with van der Waals surface area (Å²) in [5, 5.41) is 6.65. The van der Waals surface area contributed by atoms with Crippen molar-refractivity contribution < 1.29 is 9.53 Å². The standard InChI is InChI=1S/C13H19Cl2N3O2/c1-7(2)5-10(13(19)20-4)17-12-9(15)6-8(14)11(16-3)18-12/h6-7,10H,5H2,1-4H3,(H2,16,17,18). The Morgan fingerprint density at radius 1 is 1.35 bits per heavy atom. The van der Waals surface area contributed by atoms with Crippen LogP contribution in [0.25, 0.3) is 0 Å². The van der Waals surface area contributed by atoms with Crippen LogP contribution in [0.1, 0.15) is 20.3 Å². The maximum absolute atomic E-state index is 11.8. The molecule has 20 heavy (non-hydrogen) atoms. The number of nitrogens with zero attached hydrogens (tertiary/aromatic N) is 1. The highest BCUT2D eigenvalue weighted by molar-refractivity contribution is 6.37. The Morgan fingerprint density at radius 2 is 1.95 bits per heavy atom. The number of aromatic nitrogens is 1. The number of hydrogen-bond acceptors (Lipinski definition) is 5. The lowest BCUT2D eigenvalue weighted by molar-refractivity contribution is -0.141. The Balaban J connectivity index is 3.01. The third kappa shape index (κ3) is 4.42. The van der Waals surface area contributed by atoms with Gasteiger partial charge in [-0.05, 0) is 18.4 Å². The minimum atomic E-state index is -0.504. The van der Waals surface area contributed by atoms with Crippen molar-refractivity contribution in [3.8, 4) is 0 Å². The lowest BCUT2D eigenvalue weighted by atomic mass is 10.0. The molecule has 0 amide bonds. The number of halogens is 2. The lowest BCUT2D eigenvalue weighted by Gasteiger charge is -2.20. The molecule has 0 saturated heterocycles. The number of carbonyl (C=O) groups is 1. The minimum Gasteiger partial charge on any atom is -0.467 e. The summed E-state index contributed by atoms with van der Waals surface area (Å²) in [5.74, 6) is 0.863. The number of carbonyl (C=O) groups excluding carboxylic acids is 1. The van der Waals surface area contributed by atoms with E-state index in [1.807, 2.05) is 13.8 Å². The highest BCUT2D eigenvalue weighted by atomic mass is 35.5. The summed E-state index contributed by atoms with van der Waals surface area (Å²) in [7, 11) is 3.06. The van der Waals surface area contributed by atoms with Crippen molar-refractivity contribution in [1.82, 2.24) is 4.98 Å². The number of nitrogens with one attached hydrogen (secondary N) is 2. The molecule has 0 bridgehead atoms. The summed E-state index contributed by atoms with van der Waals surface area (Å²) in [6, 6.07) is 1.07. The molecule has 0 aromatic carbocycles. The molecule has 7 heteroatoms. The Labute approximate surface area is 129 Å². The third-order valence-corrected chi connectivity index (χ3v) is 3.25. The van der Waals surface area contributed by atoms with Crippen molar-refractivity contribution in [2.24, 2.45) is 5.92 Å². The van der Waals surface area contributed by atoms with Crippen LogP contribution < -0.4 is 10.6 Å². The van der Waals surface area contributed by atoms with Gasteiger partial charge in [0.2, 0.25) is 0 Å². The fourth-order valence-electron chi connectivity index (χ4n) is 1.74. The van der Waals surface area contributed by atoms with Crippen molar-refractivity contribution in [2.75, 3.05) is 24.8 Å². The molecule has 5 nitrogen and oxygen atoms in total. The highest BCUT2D eigenvalue weighted by Gasteiger charge is 2.22. The van der Waals surface area contributed by atoms with Crippen LogP contribution in [0.4, 0.5) is 11.6 Å². The molecular formula is C13H19Cl2N3O2. The van der Waals surface area contributed by atoms with Crippen molar-refractivity contribution in [3.05, 3.63) is 16.1 Å². The van der Waals surface area contributed by atoms with Crippen LogP contribution in [0.5, 0.6) is 0 Å². The number of pyridine rings is 1. The number of rotatable bonds is 6. The summed E-state index contributed by atoms with van der Waals surface area (Å²) in [5.41, 5.74) is 0. The molecule has 1 aromatic rings. The second-order valence-corrected chi connectivity index (χ2v) is 5.56. The van der Waals surface area contributed by atoms with Gasteiger partial charge in [-0.3, -0.25) is 0 Å². The Bertz CT molecular complexity index is 481. The summed E-state index contributed by atoms with van der Waals surface area (Å²) < 4.78 is 4.79. The first-order valence-corrected chi connectivity index (χ1v) is 7.02. The van der Waals surface area contributed by atoms with E-state index in [9.17, 15) is 4.79 Å². The van der Waals surface area contributed by atoms with Crippen LogP contribution in [0.2, 0.25) is 10.0 Å². The maximum atomic E-state index is 11.8. The first-order chi connectivity index (χ1) is 9.38. The lowest BCUT2D eigenvalue weighted by Crippen LogP contribution is -2.32. The SMILES string of the molecule is CNc1nc(NC(CC(C)C)C(=O)OC)c(Cl)cc1Cl. The predicted octanol–water partition coefficient (Wildman–Crippen LogP) is 3.43. The van der Waals surface area contributed by atoms with E-state index in [1.165, 1.54) is 7.11 Å². The molecule has 0 aliphatic rings. The average Bonchev–Trinajstić information content (AvgIpc) is 2.39. The molecule has 0 aliphatic carbocycles. The molecule has 1 heterocycles. The van der Waals surface area contributed by atoms with Crippen LogP contribution in [-0.2, 0) is 9.53 Å². The molecule has 1 aromatic heterocycles. The number of esters is 1. The normalized spacial score (nSPS) is 12.2. The van der Waals surface area contributed by atoms with Crippen molar-refractivity contribution in [1.29, 1.82) is 0 Å². The topological polar surface area (TPSA) is 63.2 Å². The van der Waals surface area contributed by atoms with Gasteiger partial charge in [0.1, 0.15) is 17.7 Å². The first-order valence-electron chi connectivity index (χ1n) is 6.27. The fourth-order valence-corrected chi connectivity index (χ4v) is 2.24. The minimum absolute atomic E-state index is 0.321. The maximum Gasteiger partial charge on any atom is 0.328 e. The summed E-state index contributed by atoms with van der Waals surface area (Å²) in [4.78, 5) is 16.0. The van der Waals surface area contributed by atoms with E-state index in [4.69, 9.17) is 27.9 Å². The molecule has 1 atom stereocenters. The smallest absolute Gasteiger partial charge is 0.328 e. The number of methoxy groups -OCH3 is 1. The van der Waals surface area contributed by atoms with Crippen LogP contribution in [0.3, 0.4) is 0 Å². The molecule has 1 unspecified atom stereocenters. The van der Waals surface area contributed by atoms with E-state index in [1.54, 1.807) is 13.1 Å². The van der Waals surface area contributed by atoms with Gasteiger partial charge in [-0.15, -0.1) is 0 Å². The summed E-state index contributed by atoms with van der Waals surface area (Å²) in [6.45, 7) is 4.04. The van der Waals surface area contributed by atoms with E-state index in [-0.39, 0.29) is 5.97 Å². The van der Waals surface area contributed by atoms with E-state index >= 15 is 0 Å². The van der Waals surface area contributed by atoms with Gasteiger partial charge >= 0.3 is 5.97 Å². The van der Waals surface area contributed by atoms with Crippen LogP contribution in [0, 0.1) is 5.92 Å². The predicted molar refractivity (Wildman–Crippen MR) is 82.7 cm³/mol. The van der Waals surface area contributed by atoms with Gasteiger partial charge in [-0.25, -0.2) is 9.78 Å². The largest absolute Gasteiger partial charge is 0.467 e. The van der Waals surface area contributed by atoms with Gasteiger partial charge in [0.05, 0.1) is 17.2 Å². The van der Waals surface area contributed by atoms with Gasteiger partial charge < -0.3 is 15.4 Å². The second-order valence-electron chi connectivity index (χ2n) is 4.75. The summed E-state index contributed by atoms with van der Waals surface area (Å²) >= 11 is 12.1. The Kier molecular flexibility index (Phi) is 6.36. The van der Waals surface area contributed by atoms with E-state index in [0.717, 1.165) is 0 Å². The monoisotopic (exact) mass is 319 g/mol. The Morgan fingerprint density at radius 3 is 2.45 bits per heavy atom. The zero-order valence-electron chi connectivity index (χ0n) is 12.0. The summed E-state index contributed by atoms with van der Waals surface area (Å²) in [6.07, 6.45) is 0.613. The zero-order valence-corrected chi connectivity index (χ0v) is 13.5. The highest BCUT2D eigenvalue weighted by Crippen LogP contribution is 2.29. The van der Waals surface area contributed by atoms with Gasteiger partial charge in [0.25, 0.3) is 0 Å². The molecular weight excluding hydrogens is 301 g/mol. The fraction of sp³-hybridized carbons (Fsp3) is 0.538. The van der Waals surface area contributed by atoms with Gasteiger partial charge in [-0.1, -0.05) is 37.0 Å². The van der Waals surface area contributed by atoms with Gasteiger partial charge in [-0.2, -0.15) is 0 Å². The van der Waals surface area contributed by atoms with Gasteiger partial charge in [0.15, 0.2) is 0 Å². The molecule has 0 aliphatic heterocycles. The second kappa shape index (κ2) is 7.55. The zero-order chi connectivity index (χ0) is 15.3. The molecule has 0 radical (unpaired) electrons. The molecule has 0 saturated carbocycles. The van der Waals surface area contributed by atoms with Crippen LogP contribution in [-0.4, -0.2) is 31.2 Å². The first kappa shape index (κ1) is 16.9. The molecule has 2 N–H and O–H groups in total. The molecule has 0 fully saturated rings. The van der Waals surface area contributed by atoms with Gasteiger partial charge in [0, 0.05) is 7.05 Å². The van der Waals surface area contributed by atoms with E-state index in [0.29, 0.717) is 34.0 Å². The Hall–Kier alpha value is -1.20.